The van der Waals surface area contributed by atoms with E-state index < -0.39 is 24.0 Å². The first-order valence-corrected chi connectivity index (χ1v) is 5.80. The van der Waals surface area contributed by atoms with E-state index in [0.717, 1.165) is 0 Å². The molecular formula is C10H15N5O4. The van der Waals surface area contributed by atoms with Gasteiger partial charge in [-0.2, -0.15) is 5.10 Å². The summed E-state index contributed by atoms with van der Waals surface area (Å²) in [5.41, 5.74) is 0. The Kier molecular flexibility index (Phi) is 3.95. The molecule has 19 heavy (non-hydrogen) atoms. The van der Waals surface area contributed by atoms with Crippen LogP contribution in [0.1, 0.15) is 18.8 Å². The summed E-state index contributed by atoms with van der Waals surface area (Å²) in [6, 6.07) is -1.35. The molecule has 2 rings (SSSR count). The second-order valence-electron chi connectivity index (χ2n) is 4.30. The molecule has 0 spiro atoms. The van der Waals surface area contributed by atoms with Gasteiger partial charge in [0.15, 0.2) is 0 Å². The molecule has 4 N–H and O–H groups in total. The fourth-order valence-corrected chi connectivity index (χ4v) is 1.84. The molecule has 1 aliphatic rings. The minimum Gasteiger partial charge on any atom is -0.481 e. The molecule has 1 aromatic heterocycles. The number of carbonyl (C=O) groups is 2. The Morgan fingerprint density at radius 2 is 2.37 bits per heavy atom. The molecule has 1 saturated heterocycles. The van der Waals surface area contributed by atoms with Gasteiger partial charge in [-0.3, -0.25) is 9.89 Å². The van der Waals surface area contributed by atoms with Crippen LogP contribution in [0, 0.1) is 5.92 Å². The molecule has 1 fully saturated rings. The van der Waals surface area contributed by atoms with Gasteiger partial charge < -0.3 is 20.5 Å². The molecule has 0 aromatic carbocycles. The van der Waals surface area contributed by atoms with Gasteiger partial charge in [-0.05, 0) is 6.92 Å². The first-order chi connectivity index (χ1) is 9.08. The predicted octanol–water partition coefficient (Wildman–Crippen LogP) is -0.735. The summed E-state index contributed by atoms with van der Waals surface area (Å²) in [5, 5.41) is 20.5. The van der Waals surface area contributed by atoms with E-state index in [1.807, 2.05) is 0 Å². The van der Waals surface area contributed by atoms with Crippen molar-refractivity contribution in [3.05, 3.63) is 12.2 Å². The monoisotopic (exact) mass is 269 g/mol. The number of aromatic nitrogens is 3. The Labute approximate surface area is 108 Å². The largest absolute Gasteiger partial charge is 0.481 e. The zero-order valence-corrected chi connectivity index (χ0v) is 10.3. The summed E-state index contributed by atoms with van der Waals surface area (Å²) in [6.07, 6.45) is 1.34. The Bertz CT molecular complexity index is 449. The number of amides is 2. The fraction of sp³-hybridized carbons (Fsp3) is 0.600. The molecule has 2 heterocycles. The Balaban J connectivity index is 1.86. The Morgan fingerprint density at radius 1 is 1.58 bits per heavy atom. The smallest absolute Gasteiger partial charge is 0.315 e. The summed E-state index contributed by atoms with van der Waals surface area (Å²) >= 11 is 0. The number of carbonyl (C=O) groups excluding carboxylic acids is 1. The first kappa shape index (κ1) is 13.3. The normalized spacial score (nSPS) is 23.8. The van der Waals surface area contributed by atoms with Crippen molar-refractivity contribution in [2.24, 2.45) is 5.92 Å². The van der Waals surface area contributed by atoms with Crippen molar-refractivity contribution in [1.82, 2.24) is 25.8 Å². The molecule has 9 nitrogen and oxygen atoms in total. The molecule has 9 heteroatoms. The van der Waals surface area contributed by atoms with Crippen LogP contribution in [-0.2, 0) is 9.53 Å². The third-order valence-electron chi connectivity index (χ3n) is 2.91. The van der Waals surface area contributed by atoms with E-state index in [4.69, 9.17) is 9.84 Å². The summed E-state index contributed by atoms with van der Waals surface area (Å²) in [6.45, 7) is 2.04. The Morgan fingerprint density at radius 3 is 3.00 bits per heavy atom. The molecule has 2 amide bonds. The highest BCUT2D eigenvalue weighted by Gasteiger charge is 2.35. The van der Waals surface area contributed by atoms with Crippen LogP contribution >= 0.6 is 0 Å². The van der Waals surface area contributed by atoms with E-state index in [9.17, 15) is 9.59 Å². The second kappa shape index (κ2) is 5.65. The van der Waals surface area contributed by atoms with Gasteiger partial charge >= 0.3 is 12.0 Å². The third-order valence-corrected chi connectivity index (χ3v) is 2.91. The highest BCUT2D eigenvalue weighted by atomic mass is 16.5. The van der Waals surface area contributed by atoms with Gasteiger partial charge in [-0.1, -0.05) is 0 Å². The Hall–Kier alpha value is -2.16. The maximum atomic E-state index is 11.7. The van der Waals surface area contributed by atoms with Crippen molar-refractivity contribution in [3.63, 3.8) is 0 Å². The van der Waals surface area contributed by atoms with Crippen LogP contribution in [0.25, 0.3) is 0 Å². The number of urea groups is 1. The molecular weight excluding hydrogens is 254 g/mol. The van der Waals surface area contributed by atoms with Crippen molar-refractivity contribution in [2.45, 2.75) is 19.0 Å². The van der Waals surface area contributed by atoms with Crippen molar-refractivity contribution in [2.75, 3.05) is 13.2 Å². The number of rotatable bonds is 4. The molecule has 1 aromatic rings. The van der Waals surface area contributed by atoms with Crippen LogP contribution < -0.4 is 10.6 Å². The molecule has 0 aliphatic carbocycles. The summed E-state index contributed by atoms with van der Waals surface area (Å²) in [5.74, 6) is -1.18. The maximum absolute atomic E-state index is 11.7. The lowest BCUT2D eigenvalue weighted by Crippen LogP contribution is -2.47. The van der Waals surface area contributed by atoms with E-state index in [1.54, 1.807) is 6.92 Å². The molecule has 0 saturated carbocycles. The zero-order valence-electron chi connectivity index (χ0n) is 10.3. The lowest BCUT2D eigenvalue weighted by molar-refractivity contribution is -0.142. The highest BCUT2D eigenvalue weighted by Crippen LogP contribution is 2.14. The number of nitrogens with zero attached hydrogens (tertiary/aromatic N) is 2. The lowest BCUT2D eigenvalue weighted by atomic mass is 10.0. The van der Waals surface area contributed by atoms with E-state index in [1.165, 1.54) is 6.33 Å². The topological polar surface area (TPSA) is 129 Å². The number of nitrogens with one attached hydrogen (secondary N) is 3. The van der Waals surface area contributed by atoms with Gasteiger partial charge in [0.2, 0.25) is 0 Å². The van der Waals surface area contributed by atoms with Crippen LogP contribution in [0.5, 0.6) is 0 Å². The first-order valence-electron chi connectivity index (χ1n) is 5.80. The van der Waals surface area contributed by atoms with Gasteiger partial charge in [-0.15, -0.1) is 0 Å². The van der Waals surface area contributed by atoms with Crippen molar-refractivity contribution < 1.29 is 19.4 Å². The van der Waals surface area contributed by atoms with Gasteiger partial charge in [0.25, 0.3) is 0 Å². The number of ether oxygens (including phenoxy) is 1. The average Bonchev–Trinajstić information content (AvgIpc) is 2.98. The van der Waals surface area contributed by atoms with E-state index in [2.05, 4.69) is 25.8 Å². The van der Waals surface area contributed by atoms with E-state index >= 15 is 0 Å². The lowest BCUT2D eigenvalue weighted by Gasteiger charge is -2.18. The fourth-order valence-electron chi connectivity index (χ4n) is 1.84. The van der Waals surface area contributed by atoms with E-state index in [0.29, 0.717) is 5.82 Å². The summed E-state index contributed by atoms with van der Waals surface area (Å²) in [4.78, 5) is 26.6. The van der Waals surface area contributed by atoms with Gasteiger partial charge in [0, 0.05) is 0 Å². The van der Waals surface area contributed by atoms with Crippen LogP contribution in [0.3, 0.4) is 0 Å². The van der Waals surface area contributed by atoms with Crippen LogP contribution in [-0.4, -0.2) is 51.5 Å². The summed E-state index contributed by atoms with van der Waals surface area (Å²) in [7, 11) is 0. The molecule has 3 unspecified atom stereocenters. The average molecular weight is 269 g/mol. The minimum absolute atomic E-state index is 0.109. The quantitative estimate of drug-likeness (QED) is 0.570. The molecule has 0 radical (unpaired) electrons. The van der Waals surface area contributed by atoms with Crippen molar-refractivity contribution >= 4 is 12.0 Å². The number of H-pyrrole nitrogens is 1. The summed E-state index contributed by atoms with van der Waals surface area (Å²) < 4.78 is 5.06. The predicted molar refractivity (Wildman–Crippen MR) is 62.2 cm³/mol. The van der Waals surface area contributed by atoms with Gasteiger partial charge in [0.1, 0.15) is 18.1 Å². The van der Waals surface area contributed by atoms with Gasteiger partial charge in [-0.25, -0.2) is 9.78 Å². The number of aromatic amines is 1. The third kappa shape index (κ3) is 3.19. The minimum atomic E-state index is -0.980. The number of aliphatic carboxylic acids is 1. The maximum Gasteiger partial charge on any atom is 0.315 e. The zero-order chi connectivity index (χ0) is 13.8. The SMILES string of the molecule is CC(NC(=O)NC1COCC1C(=O)O)c1ncn[nH]1. The number of hydrogen-bond donors (Lipinski definition) is 4. The van der Waals surface area contributed by atoms with Crippen LogP contribution in [0.15, 0.2) is 6.33 Å². The molecule has 1 aliphatic heterocycles. The van der Waals surface area contributed by atoms with Crippen molar-refractivity contribution in [1.29, 1.82) is 0 Å². The van der Waals surface area contributed by atoms with Gasteiger partial charge in [0.05, 0.1) is 25.3 Å². The molecule has 3 atom stereocenters. The van der Waals surface area contributed by atoms with Crippen molar-refractivity contribution in [3.8, 4) is 0 Å². The molecule has 0 bridgehead atoms. The second-order valence-corrected chi connectivity index (χ2v) is 4.30. The number of carboxylic acids is 1. The number of carboxylic acid groups (broad SMARTS) is 1. The highest BCUT2D eigenvalue weighted by molar-refractivity contribution is 5.77. The van der Waals surface area contributed by atoms with E-state index in [-0.39, 0.29) is 19.3 Å². The molecule has 104 valence electrons. The number of hydrogen-bond acceptors (Lipinski definition) is 5. The van der Waals surface area contributed by atoms with Crippen LogP contribution in [0.4, 0.5) is 4.79 Å². The standard InChI is InChI=1S/C10H15N5O4/c1-5(8-11-4-12-15-8)13-10(18)14-7-3-19-2-6(7)9(16)17/h4-7H,2-3H2,1H3,(H,16,17)(H,11,12,15)(H2,13,14,18). The van der Waals surface area contributed by atoms with Crippen LogP contribution in [0.2, 0.25) is 0 Å².